The number of rotatable bonds is 12. The molecule has 0 aromatic heterocycles. The van der Waals surface area contributed by atoms with Gasteiger partial charge < -0.3 is 20.3 Å². The first kappa shape index (κ1) is 28.5. The first-order valence-corrected chi connectivity index (χ1v) is 12.1. The SMILES string of the molecule is CCCCCN(C(=O)CNC(=O)OC(C)(C)C)C(C(=O)NCCCC)c1c(C)cccc1C. The quantitative estimate of drug-likeness (QED) is 0.438. The van der Waals surface area contributed by atoms with Crippen molar-refractivity contribution in [2.75, 3.05) is 19.6 Å². The normalized spacial score (nSPS) is 12.1. The van der Waals surface area contributed by atoms with Crippen molar-refractivity contribution in [1.29, 1.82) is 0 Å². The van der Waals surface area contributed by atoms with Crippen molar-refractivity contribution in [2.45, 2.75) is 92.2 Å². The Morgan fingerprint density at radius 2 is 1.58 bits per heavy atom. The second kappa shape index (κ2) is 13.9. The van der Waals surface area contributed by atoms with Gasteiger partial charge in [0, 0.05) is 13.1 Å². The predicted molar refractivity (Wildman–Crippen MR) is 132 cm³/mol. The molecule has 0 aliphatic carbocycles. The number of nitrogens with one attached hydrogen (secondary N) is 2. The van der Waals surface area contributed by atoms with Gasteiger partial charge in [-0.3, -0.25) is 9.59 Å². The van der Waals surface area contributed by atoms with Gasteiger partial charge in [-0.2, -0.15) is 0 Å². The first-order valence-electron chi connectivity index (χ1n) is 12.1. The van der Waals surface area contributed by atoms with Gasteiger partial charge in [0.15, 0.2) is 0 Å². The molecule has 186 valence electrons. The maximum absolute atomic E-state index is 13.4. The second-order valence-electron chi connectivity index (χ2n) is 9.50. The highest BCUT2D eigenvalue weighted by Crippen LogP contribution is 2.28. The molecule has 0 bridgehead atoms. The number of alkyl carbamates (subject to hydrolysis) is 1. The zero-order valence-corrected chi connectivity index (χ0v) is 21.5. The highest BCUT2D eigenvalue weighted by molar-refractivity contribution is 5.91. The number of carbonyl (C=O) groups is 3. The van der Waals surface area contributed by atoms with Crippen molar-refractivity contribution in [3.63, 3.8) is 0 Å². The van der Waals surface area contributed by atoms with E-state index in [-0.39, 0.29) is 18.4 Å². The summed E-state index contributed by atoms with van der Waals surface area (Å²) in [4.78, 5) is 40.5. The van der Waals surface area contributed by atoms with Crippen LogP contribution in [0, 0.1) is 13.8 Å². The minimum atomic E-state index is -0.757. The number of hydrogen-bond acceptors (Lipinski definition) is 4. The molecule has 0 heterocycles. The summed E-state index contributed by atoms with van der Waals surface area (Å²) in [7, 11) is 0. The number of nitrogens with zero attached hydrogens (tertiary/aromatic N) is 1. The van der Waals surface area contributed by atoms with E-state index < -0.39 is 17.7 Å². The number of benzene rings is 1. The summed E-state index contributed by atoms with van der Waals surface area (Å²) < 4.78 is 5.26. The van der Waals surface area contributed by atoms with Gasteiger partial charge >= 0.3 is 6.09 Å². The molecule has 0 saturated carbocycles. The molecule has 0 spiro atoms. The molecule has 3 amide bonds. The monoisotopic (exact) mass is 461 g/mol. The lowest BCUT2D eigenvalue weighted by Crippen LogP contribution is -2.48. The van der Waals surface area contributed by atoms with Crippen molar-refractivity contribution >= 4 is 17.9 Å². The molecule has 0 fully saturated rings. The van der Waals surface area contributed by atoms with Crippen LogP contribution >= 0.6 is 0 Å². The summed E-state index contributed by atoms with van der Waals surface area (Å²) in [5.74, 6) is -0.502. The van der Waals surface area contributed by atoms with Crippen LogP contribution in [-0.2, 0) is 14.3 Å². The highest BCUT2D eigenvalue weighted by atomic mass is 16.6. The lowest BCUT2D eigenvalue weighted by molar-refractivity contribution is -0.140. The Balaban J connectivity index is 3.25. The fraction of sp³-hybridized carbons (Fsp3) is 0.654. The van der Waals surface area contributed by atoms with E-state index >= 15 is 0 Å². The van der Waals surface area contributed by atoms with Crippen LogP contribution in [0.1, 0.15) is 89.5 Å². The number of ether oxygens (including phenoxy) is 1. The Kier molecular flexibility index (Phi) is 12.0. The number of unbranched alkanes of at least 4 members (excludes halogenated alkanes) is 3. The molecule has 0 radical (unpaired) electrons. The van der Waals surface area contributed by atoms with Gasteiger partial charge in [-0.15, -0.1) is 0 Å². The Morgan fingerprint density at radius 3 is 2.12 bits per heavy atom. The molecular weight excluding hydrogens is 418 g/mol. The molecular formula is C26H43N3O4. The van der Waals surface area contributed by atoms with Gasteiger partial charge in [0.25, 0.3) is 0 Å². The fourth-order valence-corrected chi connectivity index (χ4v) is 3.67. The molecule has 0 aliphatic rings. The minimum absolute atomic E-state index is 0.192. The van der Waals surface area contributed by atoms with Gasteiger partial charge in [-0.05, 0) is 64.2 Å². The molecule has 33 heavy (non-hydrogen) atoms. The molecule has 0 aliphatic heterocycles. The third-order valence-electron chi connectivity index (χ3n) is 5.31. The Morgan fingerprint density at radius 1 is 0.970 bits per heavy atom. The van der Waals surface area contributed by atoms with Gasteiger partial charge in [0.05, 0.1) is 0 Å². The zero-order valence-electron chi connectivity index (χ0n) is 21.5. The summed E-state index contributed by atoms with van der Waals surface area (Å²) in [6.45, 7) is 14.1. The highest BCUT2D eigenvalue weighted by Gasteiger charge is 2.33. The van der Waals surface area contributed by atoms with E-state index in [9.17, 15) is 14.4 Å². The van der Waals surface area contributed by atoms with Crippen LogP contribution in [0.5, 0.6) is 0 Å². The van der Waals surface area contributed by atoms with E-state index in [0.29, 0.717) is 13.1 Å². The third kappa shape index (κ3) is 9.84. The summed E-state index contributed by atoms with van der Waals surface area (Å²) >= 11 is 0. The second-order valence-corrected chi connectivity index (χ2v) is 9.50. The van der Waals surface area contributed by atoms with Crippen LogP contribution in [0.3, 0.4) is 0 Å². The van der Waals surface area contributed by atoms with Crippen LogP contribution in [-0.4, -0.2) is 48.0 Å². The first-order chi connectivity index (χ1) is 15.5. The average molecular weight is 462 g/mol. The van der Waals surface area contributed by atoms with E-state index in [0.717, 1.165) is 48.8 Å². The Labute approximate surface area is 199 Å². The van der Waals surface area contributed by atoms with Crippen molar-refractivity contribution in [1.82, 2.24) is 15.5 Å². The Bertz CT molecular complexity index is 766. The standard InChI is InChI=1S/C26H43N3O4/c1-8-10-12-17-29(21(30)18-28-25(32)33-26(5,6)7)23(24(31)27-16-11-9-2)22-19(3)14-13-15-20(22)4/h13-15,23H,8-12,16-18H2,1-7H3,(H,27,31)(H,28,32). The number of carbonyl (C=O) groups excluding carboxylic acids is 3. The number of hydrogen-bond donors (Lipinski definition) is 2. The van der Waals surface area contributed by atoms with Crippen molar-refractivity contribution in [3.05, 3.63) is 34.9 Å². The summed E-state index contributed by atoms with van der Waals surface area (Å²) in [6, 6.07) is 5.12. The molecule has 1 unspecified atom stereocenters. The zero-order chi connectivity index (χ0) is 25.0. The smallest absolute Gasteiger partial charge is 0.408 e. The largest absolute Gasteiger partial charge is 0.444 e. The van der Waals surface area contributed by atoms with E-state index in [1.54, 1.807) is 25.7 Å². The van der Waals surface area contributed by atoms with Gasteiger partial charge in [0.2, 0.25) is 11.8 Å². The van der Waals surface area contributed by atoms with Crippen LogP contribution in [0.2, 0.25) is 0 Å². The van der Waals surface area contributed by atoms with E-state index in [1.165, 1.54) is 0 Å². The van der Waals surface area contributed by atoms with E-state index in [2.05, 4.69) is 24.5 Å². The molecule has 7 heteroatoms. The molecule has 1 atom stereocenters. The molecule has 2 N–H and O–H groups in total. The Hall–Kier alpha value is -2.57. The van der Waals surface area contributed by atoms with Crippen LogP contribution in [0.15, 0.2) is 18.2 Å². The van der Waals surface area contributed by atoms with Crippen LogP contribution in [0.25, 0.3) is 0 Å². The maximum Gasteiger partial charge on any atom is 0.408 e. The predicted octanol–water partition coefficient (Wildman–Crippen LogP) is 4.80. The molecule has 1 aromatic carbocycles. The fourth-order valence-electron chi connectivity index (χ4n) is 3.67. The van der Waals surface area contributed by atoms with Gasteiger partial charge in [-0.25, -0.2) is 4.79 Å². The van der Waals surface area contributed by atoms with Crippen molar-refractivity contribution in [3.8, 4) is 0 Å². The van der Waals surface area contributed by atoms with Crippen molar-refractivity contribution in [2.24, 2.45) is 0 Å². The lowest BCUT2D eigenvalue weighted by atomic mass is 9.93. The van der Waals surface area contributed by atoms with Gasteiger partial charge in [0.1, 0.15) is 18.2 Å². The van der Waals surface area contributed by atoms with E-state index in [4.69, 9.17) is 4.74 Å². The topological polar surface area (TPSA) is 87.7 Å². The van der Waals surface area contributed by atoms with Crippen LogP contribution < -0.4 is 10.6 Å². The summed E-state index contributed by atoms with van der Waals surface area (Å²) in [5.41, 5.74) is 2.10. The summed E-state index contributed by atoms with van der Waals surface area (Å²) in [6.07, 6.45) is 3.90. The van der Waals surface area contributed by atoms with Crippen molar-refractivity contribution < 1.29 is 19.1 Å². The number of amides is 3. The number of aryl methyl sites for hydroxylation is 2. The maximum atomic E-state index is 13.4. The van der Waals surface area contributed by atoms with Crippen LogP contribution in [0.4, 0.5) is 4.79 Å². The average Bonchev–Trinajstić information content (AvgIpc) is 2.72. The summed E-state index contributed by atoms with van der Waals surface area (Å²) in [5, 5.41) is 5.57. The molecule has 7 nitrogen and oxygen atoms in total. The van der Waals surface area contributed by atoms with Gasteiger partial charge in [-0.1, -0.05) is 51.3 Å². The minimum Gasteiger partial charge on any atom is -0.444 e. The lowest BCUT2D eigenvalue weighted by Gasteiger charge is -2.33. The molecule has 1 rings (SSSR count). The third-order valence-corrected chi connectivity index (χ3v) is 5.31. The van der Waals surface area contributed by atoms with E-state index in [1.807, 2.05) is 32.0 Å². The molecule has 0 saturated heterocycles. The molecule has 1 aromatic rings.